The summed E-state index contributed by atoms with van der Waals surface area (Å²) in [6.45, 7) is 0. The summed E-state index contributed by atoms with van der Waals surface area (Å²) in [7, 11) is 0. The first-order chi connectivity index (χ1) is 9.66. The molecule has 3 atom stereocenters. The standard InChI is InChI=1S/C15H21NO4/c17-15(12-8-10-13(11-9-12)16(18)19)20-14-6-4-2-1-3-5-7-14/h4,6,8,10-12,14-15,17H,1-3,5,7,9H2/b6-4+. The van der Waals surface area contributed by atoms with Crippen LogP contribution in [-0.4, -0.2) is 22.4 Å². The zero-order valence-electron chi connectivity index (χ0n) is 11.5. The molecule has 0 saturated heterocycles. The highest BCUT2D eigenvalue weighted by molar-refractivity contribution is 5.17. The Morgan fingerprint density at radius 2 is 2.20 bits per heavy atom. The van der Waals surface area contributed by atoms with Crippen molar-refractivity contribution < 1.29 is 14.8 Å². The minimum absolute atomic E-state index is 0.0559. The van der Waals surface area contributed by atoms with E-state index in [9.17, 15) is 15.2 Å². The van der Waals surface area contributed by atoms with E-state index in [4.69, 9.17) is 4.74 Å². The van der Waals surface area contributed by atoms with Crippen molar-refractivity contribution in [2.45, 2.75) is 50.9 Å². The molecule has 0 radical (unpaired) electrons. The monoisotopic (exact) mass is 279 g/mol. The summed E-state index contributed by atoms with van der Waals surface area (Å²) in [4.78, 5) is 10.2. The van der Waals surface area contributed by atoms with E-state index < -0.39 is 11.2 Å². The predicted molar refractivity (Wildman–Crippen MR) is 75.4 cm³/mol. The van der Waals surface area contributed by atoms with Crippen molar-refractivity contribution in [1.82, 2.24) is 0 Å². The SMILES string of the molecule is O=[N+]([O-])C1=CCC(C(O)OC2/C=C/CCCCC2)C=C1. The fourth-order valence-electron chi connectivity index (χ4n) is 2.49. The predicted octanol–water partition coefficient (Wildman–Crippen LogP) is 2.95. The molecule has 0 aromatic heterocycles. The Morgan fingerprint density at radius 3 is 2.90 bits per heavy atom. The normalized spacial score (nSPS) is 29.9. The second-order valence-corrected chi connectivity index (χ2v) is 5.28. The van der Waals surface area contributed by atoms with E-state index in [1.54, 1.807) is 6.08 Å². The molecule has 2 rings (SSSR count). The number of aliphatic hydroxyl groups excluding tert-OH is 1. The number of hydrogen-bond donors (Lipinski definition) is 1. The minimum Gasteiger partial charge on any atom is -0.367 e. The van der Waals surface area contributed by atoms with Gasteiger partial charge in [0.15, 0.2) is 6.29 Å². The number of nitrogens with zero attached hydrogens (tertiary/aromatic N) is 1. The molecule has 0 fully saturated rings. The van der Waals surface area contributed by atoms with Gasteiger partial charge in [0, 0.05) is 12.0 Å². The van der Waals surface area contributed by atoms with Gasteiger partial charge in [0.25, 0.3) is 5.70 Å². The van der Waals surface area contributed by atoms with Gasteiger partial charge in [-0.2, -0.15) is 0 Å². The molecular formula is C15H21NO4. The van der Waals surface area contributed by atoms with E-state index in [1.807, 2.05) is 6.08 Å². The summed E-state index contributed by atoms with van der Waals surface area (Å²) >= 11 is 0. The van der Waals surface area contributed by atoms with E-state index in [0.29, 0.717) is 6.42 Å². The molecule has 0 saturated carbocycles. The van der Waals surface area contributed by atoms with Crippen LogP contribution in [0.2, 0.25) is 0 Å². The van der Waals surface area contributed by atoms with Crippen LogP contribution in [-0.2, 0) is 4.74 Å². The van der Waals surface area contributed by atoms with Gasteiger partial charge in [-0.1, -0.05) is 31.1 Å². The molecule has 3 unspecified atom stereocenters. The van der Waals surface area contributed by atoms with Gasteiger partial charge >= 0.3 is 0 Å². The smallest absolute Gasteiger partial charge is 0.265 e. The van der Waals surface area contributed by atoms with E-state index >= 15 is 0 Å². The second kappa shape index (κ2) is 7.36. The van der Waals surface area contributed by atoms with Crippen LogP contribution in [0.1, 0.15) is 38.5 Å². The van der Waals surface area contributed by atoms with E-state index in [2.05, 4.69) is 6.08 Å². The molecular weight excluding hydrogens is 258 g/mol. The lowest BCUT2D eigenvalue weighted by Crippen LogP contribution is -2.28. The molecule has 2 aliphatic rings. The first kappa shape index (κ1) is 14.9. The fraction of sp³-hybridized carbons (Fsp3) is 0.600. The summed E-state index contributed by atoms with van der Waals surface area (Å²) in [5.74, 6) is -0.211. The Hall–Kier alpha value is -1.46. The summed E-state index contributed by atoms with van der Waals surface area (Å²) in [6, 6.07) is 0. The van der Waals surface area contributed by atoms with Crippen molar-refractivity contribution in [3.63, 3.8) is 0 Å². The van der Waals surface area contributed by atoms with Crippen LogP contribution in [0, 0.1) is 16.0 Å². The van der Waals surface area contributed by atoms with Gasteiger partial charge in [0.1, 0.15) is 0 Å². The Morgan fingerprint density at radius 1 is 1.35 bits per heavy atom. The van der Waals surface area contributed by atoms with Gasteiger partial charge in [-0.15, -0.1) is 0 Å². The Balaban J connectivity index is 1.86. The Labute approximate surface area is 118 Å². The maximum absolute atomic E-state index is 10.6. The summed E-state index contributed by atoms with van der Waals surface area (Å²) in [5.41, 5.74) is 0.0827. The first-order valence-electron chi connectivity index (χ1n) is 7.20. The molecule has 110 valence electrons. The Kier molecular flexibility index (Phi) is 5.49. The number of nitro groups is 1. The summed E-state index contributed by atoms with van der Waals surface area (Å²) in [5, 5.41) is 20.7. The molecule has 1 N–H and O–H groups in total. The van der Waals surface area contributed by atoms with Crippen LogP contribution in [0.5, 0.6) is 0 Å². The van der Waals surface area contributed by atoms with Crippen molar-refractivity contribution in [2.24, 2.45) is 5.92 Å². The maximum Gasteiger partial charge on any atom is 0.265 e. The zero-order valence-corrected chi connectivity index (χ0v) is 11.5. The van der Waals surface area contributed by atoms with Gasteiger partial charge < -0.3 is 9.84 Å². The van der Waals surface area contributed by atoms with E-state index in [-0.39, 0.29) is 17.7 Å². The lowest BCUT2D eigenvalue weighted by atomic mass is 9.98. The van der Waals surface area contributed by atoms with Gasteiger partial charge in [-0.05, 0) is 31.8 Å². The van der Waals surface area contributed by atoms with Gasteiger partial charge in [0.2, 0.25) is 0 Å². The third-order valence-electron chi connectivity index (χ3n) is 3.71. The van der Waals surface area contributed by atoms with Gasteiger partial charge in [0.05, 0.1) is 11.0 Å². The van der Waals surface area contributed by atoms with Crippen molar-refractivity contribution in [3.05, 3.63) is 46.2 Å². The van der Waals surface area contributed by atoms with Crippen molar-refractivity contribution >= 4 is 0 Å². The highest BCUT2D eigenvalue weighted by atomic mass is 16.6. The van der Waals surface area contributed by atoms with Crippen molar-refractivity contribution in [1.29, 1.82) is 0 Å². The molecule has 0 bridgehead atoms. The van der Waals surface area contributed by atoms with E-state index in [1.165, 1.54) is 25.0 Å². The number of hydrogen-bond acceptors (Lipinski definition) is 4. The number of aliphatic hydroxyl groups is 1. The molecule has 5 nitrogen and oxygen atoms in total. The number of ether oxygens (including phenoxy) is 1. The van der Waals surface area contributed by atoms with E-state index in [0.717, 1.165) is 19.3 Å². The maximum atomic E-state index is 10.6. The highest BCUT2D eigenvalue weighted by Gasteiger charge is 2.24. The summed E-state index contributed by atoms with van der Waals surface area (Å²) in [6.07, 6.45) is 13.7. The zero-order chi connectivity index (χ0) is 14.4. The fourth-order valence-corrected chi connectivity index (χ4v) is 2.49. The lowest BCUT2D eigenvalue weighted by Gasteiger charge is -2.25. The van der Waals surface area contributed by atoms with Crippen molar-refractivity contribution in [2.75, 3.05) is 0 Å². The molecule has 20 heavy (non-hydrogen) atoms. The van der Waals surface area contributed by atoms with Crippen molar-refractivity contribution in [3.8, 4) is 0 Å². The second-order valence-electron chi connectivity index (χ2n) is 5.28. The minimum atomic E-state index is -0.912. The molecule has 0 amide bonds. The molecule has 0 spiro atoms. The van der Waals surface area contributed by atoms with Crippen LogP contribution < -0.4 is 0 Å². The molecule has 0 aliphatic heterocycles. The largest absolute Gasteiger partial charge is 0.367 e. The third-order valence-corrected chi connectivity index (χ3v) is 3.71. The average Bonchev–Trinajstić information content (AvgIpc) is 2.41. The molecule has 2 aliphatic carbocycles. The van der Waals surface area contributed by atoms with Crippen LogP contribution in [0.25, 0.3) is 0 Å². The summed E-state index contributed by atoms with van der Waals surface area (Å²) < 4.78 is 5.68. The van der Waals surface area contributed by atoms with Gasteiger partial charge in [-0.3, -0.25) is 10.1 Å². The molecule has 0 heterocycles. The molecule has 5 heteroatoms. The topological polar surface area (TPSA) is 72.6 Å². The third kappa shape index (κ3) is 4.28. The van der Waals surface area contributed by atoms with Crippen LogP contribution in [0.4, 0.5) is 0 Å². The quantitative estimate of drug-likeness (QED) is 0.371. The Bertz CT molecular complexity index is 428. The average molecular weight is 279 g/mol. The number of rotatable bonds is 4. The number of allylic oxidation sites excluding steroid dienone is 3. The lowest BCUT2D eigenvalue weighted by molar-refractivity contribution is -0.419. The van der Waals surface area contributed by atoms with Crippen LogP contribution in [0.15, 0.2) is 36.1 Å². The van der Waals surface area contributed by atoms with Crippen LogP contribution in [0.3, 0.4) is 0 Å². The van der Waals surface area contributed by atoms with Gasteiger partial charge in [-0.25, -0.2) is 0 Å². The molecule has 0 aromatic carbocycles. The molecule has 0 aromatic rings. The first-order valence-corrected chi connectivity index (χ1v) is 7.20. The highest BCUT2D eigenvalue weighted by Crippen LogP contribution is 2.23. The van der Waals surface area contributed by atoms with Crippen LogP contribution >= 0.6 is 0 Å².